The van der Waals surface area contributed by atoms with Crippen molar-refractivity contribution in [2.45, 2.75) is 0 Å². The van der Waals surface area contributed by atoms with E-state index in [9.17, 15) is 0 Å². The first-order valence-electron chi connectivity index (χ1n) is 13.6. The van der Waals surface area contributed by atoms with Crippen molar-refractivity contribution in [1.82, 2.24) is 4.57 Å². The van der Waals surface area contributed by atoms with Crippen molar-refractivity contribution in [2.75, 3.05) is 0 Å². The van der Waals surface area contributed by atoms with Gasteiger partial charge in [-0.3, -0.25) is 0 Å². The summed E-state index contributed by atoms with van der Waals surface area (Å²) in [6.07, 6.45) is 0. The monoisotopic (exact) mass is 529 g/mol. The standard InChI is InChI=1S/C38H24ClN/c39-27-21-17-25(18-22-27)37-33-13-3-1-9-29(33)30-10-2-4-14-34(30)38(37)26-19-23-28(24-20-26)40-35-15-7-5-11-31(35)32-12-6-8-16-36(32)40/h1-24H. The third-order valence-electron chi connectivity index (χ3n) is 8.06. The molecule has 0 aliphatic carbocycles. The maximum Gasteiger partial charge on any atom is 0.0541 e. The van der Waals surface area contributed by atoms with Gasteiger partial charge < -0.3 is 4.57 Å². The van der Waals surface area contributed by atoms with Crippen LogP contribution >= 0.6 is 11.6 Å². The molecule has 188 valence electrons. The molecule has 0 saturated heterocycles. The third kappa shape index (κ3) is 3.49. The molecule has 0 aliphatic heterocycles. The molecule has 0 spiro atoms. The largest absolute Gasteiger partial charge is 0.309 e. The van der Waals surface area contributed by atoms with E-state index in [4.69, 9.17) is 11.6 Å². The van der Waals surface area contributed by atoms with Crippen molar-refractivity contribution in [3.63, 3.8) is 0 Å². The number of benzene rings is 7. The van der Waals surface area contributed by atoms with E-state index in [2.05, 4.69) is 138 Å². The Kier molecular flexibility index (Phi) is 5.26. The molecule has 0 N–H and O–H groups in total. The second kappa shape index (κ2) is 9.12. The van der Waals surface area contributed by atoms with Gasteiger partial charge in [0.15, 0.2) is 0 Å². The number of para-hydroxylation sites is 2. The summed E-state index contributed by atoms with van der Waals surface area (Å²) in [6, 6.07) is 52.1. The number of hydrogen-bond acceptors (Lipinski definition) is 0. The van der Waals surface area contributed by atoms with Crippen LogP contribution < -0.4 is 0 Å². The van der Waals surface area contributed by atoms with Gasteiger partial charge in [-0.2, -0.15) is 0 Å². The average molecular weight is 530 g/mol. The first kappa shape index (κ1) is 23.1. The molecule has 0 aliphatic rings. The van der Waals surface area contributed by atoms with Gasteiger partial charge in [-0.05, 0) is 80.2 Å². The molecule has 0 atom stereocenters. The Morgan fingerprint density at radius 2 is 0.725 bits per heavy atom. The molecule has 0 unspecified atom stereocenters. The zero-order chi connectivity index (χ0) is 26.6. The van der Waals surface area contributed by atoms with Gasteiger partial charge >= 0.3 is 0 Å². The van der Waals surface area contributed by atoms with Crippen LogP contribution in [0, 0.1) is 0 Å². The van der Waals surface area contributed by atoms with E-state index >= 15 is 0 Å². The maximum absolute atomic E-state index is 6.32. The van der Waals surface area contributed by atoms with Crippen LogP contribution in [0.25, 0.3) is 71.3 Å². The van der Waals surface area contributed by atoms with E-state index in [-0.39, 0.29) is 0 Å². The third-order valence-corrected chi connectivity index (χ3v) is 8.31. The molecular weight excluding hydrogens is 506 g/mol. The van der Waals surface area contributed by atoms with Crippen molar-refractivity contribution in [3.05, 3.63) is 151 Å². The molecule has 0 fully saturated rings. The molecular formula is C38H24ClN. The van der Waals surface area contributed by atoms with Gasteiger partial charge in [-0.15, -0.1) is 0 Å². The predicted molar refractivity (Wildman–Crippen MR) is 172 cm³/mol. The van der Waals surface area contributed by atoms with Crippen molar-refractivity contribution >= 4 is 55.0 Å². The van der Waals surface area contributed by atoms with E-state index in [1.807, 2.05) is 12.1 Å². The molecule has 1 heterocycles. The summed E-state index contributed by atoms with van der Waals surface area (Å²) in [4.78, 5) is 0. The normalized spacial score (nSPS) is 11.6. The van der Waals surface area contributed by atoms with Gasteiger partial charge in [0.05, 0.1) is 11.0 Å². The lowest BCUT2D eigenvalue weighted by Gasteiger charge is -2.19. The van der Waals surface area contributed by atoms with Gasteiger partial charge in [0.2, 0.25) is 0 Å². The van der Waals surface area contributed by atoms with Gasteiger partial charge in [0.25, 0.3) is 0 Å². The molecule has 0 bridgehead atoms. The highest BCUT2D eigenvalue weighted by molar-refractivity contribution is 6.30. The van der Waals surface area contributed by atoms with E-state index in [0.29, 0.717) is 0 Å². The maximum atomic E-state index is 6.32. The van der Waals surface area contributed by atoms with Crippen LogP contribution in [-0.2, 0) is 0 Å². The number of rotatable bonds is 3. The Morgan fingerprint density at radius 3 is 1.20 bits per heavy atom. The topological polar surface area (TPSA) is 4.93 Å². The molecule has 7 aromatic carbocycles. The number of hydrogen-bond donors (Lipinski definition) is 0. The first-order chi connectivity index (χ1) is 19.8. The highest BCUT2D eigenvalue weighted by Gasteiger charge is 2.18. The minimum absolute atomic E-state index is 0.742. The quantitative estimate of drug-likeness (QED) is 0.200. The van der Waals surface area contributed by atoms with Crippen LogP contribution in [0.15, 0.2) is 146 Å². The lowest BCUT2D eigenvalue weighted by Crippen LogP contribution is -1.95. The minimum Gasteiger partial charge on any atom is -0.309 e. The summed E-state index contributed by atoms with van der Waals surface area (Å²) in [5.74, 6) is 0. The summed E-state index contributed by atoms with van der Waals surface area (Å²) in [7, 11) is 0. The molecule has 0 amide bonds. The van der Waals surface area contributed by atoms with Crippen molar-refractivity contribution in [3.8, 4) is 27.9 Å². The van der Waals surface area contributed by atoms with Crippen molar-refractivity contribution in [1.29, 1.82) is 0 Å². The molecule has 40 heavy (non-hydrogen) atoms. The summed E-state index contributed by atoms with van der Waals surface area (Å²) in [5, 5.41) is 8.29. The Bertz CT molecular complexity index is 2150. The lowest BCUT2D eigenvalue weighted by molar-refractivity contribution is 1.18. The summed E-state index contributed by atoms with van der Waals surface area (Å²) >= 11 is 6.32. The second-order valence-corrected chi connectivity index (χ2v) is 10.7. The van der Waals surface area contributed by atoms with E-state index in [0.717, 1.165) is 16.3 Å². The number of fused-ring (bicyclic) bond motifs is 6. The van der Waals surface area contributed by atoms with Gasteiger partial charge in [-0.25, -0.2) is 0 Å². The van der Waals surface area contributed by atoms with Crippen molar-refractivity contribution < 1.29 is 0 Å². The van der Waals surface area contributed by atoms with Crippen molar-refractivity contribution in [2.24, 2.45) is 0 Å². The fourth-order valence-electron chi connectivity index (χ4n) is 6.34. The van der Waals surface area contributed by atoms with Gasteiger partial charge in [-0.1, -0.05) is 121 Å². The van der Waals surface area contributed by atoms with Crippen LogP contribution in [0.2, 0.25) is 5.02 Å². The Labute approximate surface area is 237 Å². The van der Waals surface area contributed by atoms with Crippen LogP contribution in [0.4, 0.5) is 0 Å². The van der Waals surface area contributed by atoms with Gasteiger partial charge in [0, 0.05) is 21.5 Å². The molecule has 1 nitrogen and oxygen atoms in total. The fourth-order valence-corrected chi connectivity index (χ4v) is 6.46. The highest BCUT2D eigenvalue weighted by atomic mass is 35.5. The minimum atomic E-state index is 0.742. The smallest absolute Gasteiger partial charge is 0.0541 e. The van der Waals surface area contributed by atoms with Crippen LogP contribution in [0.3, 0.4) is 0 Å². The zero-order valence-electron chi connectivity index (χ0n) is 21.7. The van der Waals surface area contributed by atoms with Gasteiger partial charge in [0.1, 0.15) is 0 Å². The summed E-state index contributed by atoms with van der Waals surface area (Å²) < 4.78 is 2.37. The Hall–Kier alpha value is -4.85. The van der Waals surface area contributed by atoms with Crippen LogP contribution in [-0.4, -0.2) is 4.57 Å². The predicted octanol–water partition coefficient (Wildman–Crippen LogP) is 11.1. The van der Waals surface area contributed by atoms with E-state index in [1.165, 1.54) is 60.0 Å². The number of nitrogens with zero attached hydrogens (tertiary/aromatic N) is 1. The van der Waals surface area contributed by atoms with Crippen LogP contribution in [0.5, 0.6) is 0 Å². The summed E-state index contributed by atoms with van der Waals surface area (Å²) in [5.41, 5.74) is 8.41. The fraction of sp³-hybridized carbons (Fsp3) is 0. The molecule has 0 radical (unpaired) electrons. The summed E-state index contributed by atoms with van der Waals surface area (Å²) in [6.45, 7) is 0. The molecule has 8 aromatic rings. The van der Waals surface area contributed by atoms with E-state index in [1.54, 1.807) is 0 Å². The Balaban J connectivity index is 1.41. The average Bonchev–Trinajstić information content (AvgIpc) is 3.35. The molecule has 1 aromatic heterocycles. The van der Waals surface area contributed by atoms with Crippen LogP contribution in [0.1, 0.15) is 0 Å². The van der Waals surface area contributed by atoms with E-state index < -0.39 is 0 Å². The number of aromatic nitrogens is 1. The SMILES string of the molecule is Clc1ccc(-c2c(-c3ccc(-n4c5ccccc5c5ccccc54)cc3)c3ccccc3c3ccccc23)cc1. The molecule has 8 rings (SSSR count). The first-order valence-corrected chi connectivity index (χ1v) is 13.9. The lowest BCUT2D eigenvalue weighted by atomic mass is 9.85. The molecule has 2 heteroatoms. The zero-order valence-corrected chi connectivity index (χ0v) is 22.4. The highest BCUT2D eigenvalue weighted by Crippen LogP contribution is 2.45. The second-order valence-electron chi connectivity index (χ2n) is 10.3. The Morgan fingerprint density at radius 1 is 0.350 bits per heavy atom. The molecule has 0 saturated carbocycles. The number of halogens is 1.